The van der Waals surface area contributed by atoms with Gasteiger partial charge in [-0.05, 0) is 32.0 Å². The monoisotopic (exact) mass is 239 g/mol. The maximum atomic E-state index is 11.5. The number of furan rings is 1. The van der Waals surface area contributed by atoms with E-state index in [1.54, 1.807) is 0 Å². The zero-order valence-corrected chi connectivity index (χ0v) is 10.9. The molecule has 0 saturated carbocycles. The molecule has 0 spiro atoms. The Morgan fingerprint density at radius 1 is 1.35 bits per heavy atom. The summed E-state index contributed by atoms with van der Waals surface area (Å²) < 4.78 is 9.86. The van der Waals surface area contributed by atoms with Gasteiger partial charge in [-0.1, -0.05) is 13.8 Å². The van der Waals surface area contributed by atoms with Crippen LogP contribution in [-0.4, -0.2) is 31.1 Å². The van der Waals surface area contributed by atoms with Crippen LogP contribution in [0.5, 0.6) is 0 Å². The average molecular weight is 239 g/mol. The van der Waals surface area contributed by atoms with Gasteiger partial charge in [0.15, 0.2) is 0 Å². The first-order valence-corrected chi connectivity index (χ1v) is 6.09. The largest absolute Gasteiger partial charge is 0.463 e. The Kier molecular flexibility index (Phi) is 5.77. The number of carbonyl (C=O) groups excluding carboxylic acids is 1. The molecule has 1 aromatic heterocycles. The maximum absolute atomic E-state index is 11.5. The van der Waals surface area contributed by atoms with Crippen LogP contribution in [0.1, 0.15) is 42.8 Å². The number of hydrogen-bond donors (Lipinski definition) is 0. The van der Waals surface area contributed by atoms with E-state index in [1.165, 1.54) is 13.4 Å². The fourth-order valence-electron chi connectivity index (χ4n) is 1.88. The molecule has 0 saturated heterocycles. The third-order valence-corrected chi connectivity index (χ3v) is 2.59. The molecule has 0 unspecified atom stereocenters. The molecule has 4 nitrogen and oxygen atoms in total. The molecule has 1 aromatic rings. The first-order chi connectivity index (χ1) is 8.22. The second-order valence-corrected chi connectivity index (χ2v) is 4.04. The molecule has 0 aliphatic carbocycles. The highest BCUT2D eigenvalue weighted by atomic mass is 16.5. The number of hydrogen-bond acceptors (Lipinski definition) is 4. The molecule has 0 radical (unpaired) electrons. The van der Waals surface area contributed by atoms with Crippen LogP contribution in [-0.2, 0) is 11.3 Å². The topological polar surface area (TPSA) is 42.7 Å². The summed E-state index contributed by atoms with van der Waals surface area (Å²) in [5, 5.41) is 0. The number of nitrogens with zero attached hydrogens (tertiary/aromatic N) is 1. The first-order valence-electron chi connectivity index (χ1n) is 6.09. The standard InChI is InChI=1S/C13H21NO3/c1-4-7-14(8-5-2)10-11-6-9-17-12(11)13(15)16-3/h6,9H,4-5,7-8,10H2,1-3H3. The summed E-state index contributed by atoms with van der Waals surface area (Å²) in [7, 11) is 1.37. The summed E-state index contributed by atoms with van der Waals surface area (Å²) in [6.45, 7) is 7.10. The highest BCUT2D eigenvalue weighted by Crippen LogP contribution is 2.15. The molecule has 0 aliphatic rings. The van der Waals surface area contributed by atoms with E-state index in [4.69, 9.17) is 4.42 Å². The van der Waals surface area contributed by atoms with Crippen molar-refractivity contribution in [2.24, 2.45) is 0 Å². The van der Waals surface area contributed by atoms with Gasteiger partial charge >= 0.3 is 5.97 Å². The van der Waals surface area contributed by atoms with Gasteiger partial charge in [-0.25, -0.2) is 4.79 Å². The van der Waals surface area contributed by atoms with Crippen LogP contribution in [0.15, 0.2) is 16.7 Å². The molecule has 0 aliphatic heterocycles. The van der Waals surface area contributed by atoms with Crippen LogP contribution in [0, 0.1) is 0 Å². The lowest BCUT2D eigenvalue weighted by atomic mass is 10.2. The van der Waals surface area contributed by atoms with E-state index in [9.17, 15) is 4.79 Å². The third-order valence-electron chi connectivity index (χ3n) is 2.59. The lowest BCUT2D eigenvalue weighted by Crippen LogP contribution is -2.25. The minimum Gasteiger partial charge on any atom is -0.463 e. The van der Waals surface area contributed by atoms with Gasteiger partial charge in [0.2, 0.25) is 5.76 Å². The molecule has 0 amide bonds. The molecule has 4 heteroatoms. The van der Waals surface area contributed by atoms with Crippen molar-refractivity contribution in [2.45, 2.75) is 33.2 Å². The van der Waals surface area contributed by atoms with Crippen molar-refractivity contribution in [3.05, 3.63) is 23.7 Å². The van der Waals surface area contributed by atoms with E-state index in [0.29, 0.717) is 5.76 Å². The van der Waals surface area contributed by atoms with E-state index in [1.807, 2.05) is 6.07 Å². The van der Waals surface area contributed by atoms with E-state index in [-0.39, 0.29) is 0 Å². The maximum Gasteiger partial charge on any atom is 0.374 e. The lowest BCUT2D eigenvalue weighted by molar-refractivity contribution is 0.0561. The third kappa shape index (κ3) is 3.89. The zero-order valence-electron chi connectivity index (χ0n) is 10.9. The molecule has 0 fully saturated rings. The smallest absolute Gasteiger partial charge is 0.374 e. The predicted octanol–water partition coefficient (Wildman–Crippen LogP) is 2.69. The van der Waals surface area contributed by atoms with Crippen molar-refractivity contribution in [3.63, 3.8) is 0 Å². The van der Waals surface area contributed by atoms with Crippen molar-refractivity contribution in [3.8, 4) is 0 Å². The minimum absolute atomic E-state index is 0.324. The van der Waals surface area contributed by atoms with Crippen LogP contribution < -0.4 is 0 Å². The Morgan fingerprint density at radius 2 is 2.00 bits per heavy atom. The molecule has 0 bridgehead atoms. The van der Waals surface area contributed by atoms with Crippen molar-refractivity contribution in [1.29, 1.82) is 0 Å². The van der Waals surface area contributed by atoms with Crippen LogP contribution in [0.3, 0.4) is 0 Å². The highest BCUT2D eigenvalue weighted by molar-refractivity contribution is 5.87. The minimum atomic E-state index is -0.405. The van der Waals surface area contributed by atoms with Gasteiger partial charge < -0.3 is 9.15 Å². The van der Waals surface area contributed by atoms with Gasteiger partial charge in [-0.3, -0.25) is 4.90 Å². The molecular formula is C13H21NO3. The fourth-order valence-corrected chi connectivity index (χ4v) is 1.88. The second kappa shape index (κ2) is 7.12. The number of rotatable bonds is 7. The normalized spacial score (nSPS) is 10.8. The van der Waals surface area contributed by atoms with E-state index < -0.39 is 5.97 Å². The number of carbonyl (C=O) groups is 1. The SMILES string of the molecule is CCCN(CCC)Cc1ccoc1C(=O)OC. The van der Waals surface area contributed by atoms with E-state index in [0.717, 1.165) is 38.0 Å². The molecule has 1 heterocycles. The van der Waals surface area contributed by atoms with Crippen molar-refractivity contribution < 1.29 is 13.9 Å². The molecule has 96 valence electrons. The molecule has 0 atom stereocenters. The van der Waals surface area contributed by atoms with E-state index >= 15 is 0 Å². The van der Waals surface area contributed by atoms with Crippen molar-refractivity contribution >= 4 is 5.97 Å². The summed E-state index contributed by atoms with van der Waals surface area (Å²) in [6.07, 6.45) is 3.74. The Balaban J connectivity index is 2.71. The van der Waals surface area contributed by atoms with Gasteiger partial charge in [0.05, 0.1) is 13.4 Å². The van der Waals surface area contributed by atoms with Crippen LogP contribution in [0.25, 0.3) is 0 Å². The zero-order chi connectivity index (χ0) is 12.7. The molecular weight excluding hydrogens is 218 g/mol. The average Bonchev–Trinajstić information content (AvgIpc) is 2.77. The summed E-state index contributed by atoms with van der Waals surface area (Å²) in [6, 6.07) is 1.84. The van der Waals surface area contributed by atoms with Gasteiger partial charge in [0, 0.05) is 12.1 Å². The first kappa shape index (κ1) is 13.8. The predicted molar refractivity (Wildman–Crippen MR) is 65.9 cm³/mol. The van der Waals surface area contributed by atoms with Gasteiger partial charge in [-0.2, -0.15) is 0 Å². The Bertz CT molecular complexity index is 340. The molecule has 17 heavy (non-hydrogen) atoms. The Labute approximate surface area is 103 Å². The number of esters is 1. The Hall–Kier alpha value is -1.29. The lowest BCUT2D eigenvalue weighted by Gasteiger charge is -2.20. The van der Waals surface area contributed by atoms with Crippen molar-refractivity contribution in [2.75, 3.05) is 20.2 Å². The summed E-state index contributed by atoms with van der Waals surface area (Å²) in [5.41, 5.74) is 0.902. The quantitative estimate of drug-likeness (QED) is 0.686. The Morgan fingerprint density at radius 3 is 2.53 bits per heavy atom. The molecule has 1 rings (SSSR count). The number of methoxy groups -OCH3 is 1. The van der Waals surface area contributed by atoms with Gasteiger partial charge in [-0.15, -0.1) is 0 Å². The van der Waals surface area contributed by atoms with Crippen LogP contribution in [0.4, 0.5) is 0 Å². The van der Waals surface area contributed by atoms with Crippen LogP contribution >= 0.6 is 0 Å². The van der Waals surface area contributed by atoms with Gasteiger partial charge in [0.1, 0.15) is 0 Å². The number of ether oxygens (including phenoxy) is 1. The van der Waals surface area contributed by atoms with Crippen molar-refractivity contribution in [1.82, 2.24) is 4.90 Å². The summed E-state index contributed by atoms with van der Waals surface area (Å²) >= 11 is 0. The second-order valence-electron chi connectivity index (χ2n) is 4.04. The summed E-state index contributed by atoms with van der Waals surface area (Å²) in [4.78, 5) is 13.8. The molecule has 0 N–H and O–H groups in total. The molecule has 0 aromatic carbocycles. The van der Waals surface area contributed by atoms with Gasteiger partial charge in [0.25, 0.3) is 0 Å². The van der Waals surface area contributed by atoms with E-state index in [2.05, 4.69) is 23.5 Å². The highest BCUT2D eigenvalue weighted by Gasteiger charge is 2.17. The summed E-state index contributed by atoms with van der Waals surface area (Å²) in [5.74, 6) is -0.0809. The van der Waals surface area contributed by atoms with Crippen LogP contribution in [0.2, 0.25) is 0 Å². The fraction of sp³-hybridized carbons (Fsp3) is 0.615.